The van der Waals surface area contributed by atoms with Crippen molar-refractivity contribution in [2.45, 2.75) is 12.6 Å². The highest BCUT2D eigenvalue weighted by Crippen LogP contribution is 2.15. The number of anilines is 1. The van der Waals surface area contributed by atoms with Crippen LogP contribution in [0.25, 0.3) is 0 Å². The van der Waals surface area contributed by atoms with Crippen molar-refractivity contribution in [3.63, 3.8) is 0 Å². The fourth-order valence-corrected chi connectivity index (χ4v) is 2.02. The Bertz CT molecular complexity index is 597. The molecule has 4 nitrogen and oxygen atoms in total. The minimum atomic E-state index is -1.14. The molecule has 2 aromatic rings. The summed E-state index contributed by atoms with van der Waals surface area (Å²) in [6, 6.07) is 16.8. The minimum absolute atomic E-state index is 0.392. The lowest BCUT2D eigenvalue weighted by Gasteiger charge is -2.15. The average Bonchev–Trinajstić information content (AvgIpc) is 2.53. The number of carbonyl (C=O) groups is 1. The van der Waals surface area contributed by atoms with Gasteiger partial charge in [-0.05, 0) is 23.3 Å². The van der Waals surface area contributed by atoms with Crippen LogP contribution in [0.5, 0.6) is 0 Å². The molecule has 0 bridgehead atoms. The Labute approximate surface area is 125 Å². The van der Waals surface area contributed by atoms with Gasteiger partial charge in [-0.2, -0.15) is 0 Å². The van der Waals surface area contributed by atoms with Crippen LogP contribution in [0.4, 0.5) is 5.69 Å². The monoisotopic (exact) mass is 284 g/mol. The number of hydrogen-bond acceptors (Lipinski definition) is 3. The van der Waals surface area contributed by atoms with E-state index in [9.17, 15) is 9.90 Å². The largest absolute Gasteiger partial charge is 0.378 e. The molecule has 2 rings (SSSR count). The third-order valence-corrected chi connectivity index (χ3v) is 3.26. The van der Waals surface area contributed by atoms with Crippen LogP contribution >= 0.6 is 0 Å². The summed E-state index contributed by atoms with van der Waals surface area (Å²) < 4.78 is 0. The van der Waals surface area contributed by atoms with E-state index in [1.807, 2.05) is 49.3 Å². The summed E-state index contributed by atoms with van der Waals surface area (Å²) in [5.74, 6) is -0.392. The summed E-state index contributed by atoms with van der Waals surface area (Å²) >= 11 is 0. The van der Waals surface area contributed by atoms with Crippen LogP contribution < -0.4 is 10.2 Å². The molecule has 0 radical (unpaired) electrons. The Morgan fingerprint density at radius 2 is 1.86 bits per heavy atom. The van der Waals surface area contributed by atoms with Crippen LogP contribution in [-0.2, 0) is 11.3 Å². The summed E-state index contributed by atoms with van der Waals surface area (Å²) in [7, 11) is 3.94. The lowest BCUT2D eigenvalue weighted by molar-refractivity contribution is -0.129. The van der Waals surface area contributed by atoms with E-state index in [0.717, 1.165) is 11.3 Å². The molecule has 0 aliphatic heterocycles. The minimum Gasteiger partial charge on any atom is -0.378 e. The van der Waals surface area contributed by atoms with Gasteiger partial charge in [-0.25, -0.2) is 0 Å². The van der Waals surface area contributed by atoms with Crippen molar-refractivity contribution in [3.8, 4) is 0 Å². The van der Waals surface area contributed by atoms with E-state index in [4.69, 9.17) is 0 Å². The second-order valence-electron chi connectivity index (χ2n) is 5.10. The van der Waals surface area contributed by atoms with Gasteiger partial charge in [-0.15, -0.1) is 0 Å². The lowest BCUT2D eigenvalue weighted by atomic mass is 10.1. The first-order valence-electron chi connectivity index (χ1n) is 6.85. The van der Waals surface area contributed by atoms with Gasteiger partial charge in [0, 0.05) is 26.3 Å². The van der Waals surface area contributed by atoms with Crippen LogP contribution in [-0.4, -0.2) is 25.1 Å². The SMILES string of the molecule is CN(C)c1cccc(CNC(=O)C(O)c2ccccc2)c1. The molecule has 2 N–H and O–H groups in total. The van der Waals surface area contributed by atoms with Crippen LogP contribution in [0.1, 0.15) is 17.2 Å². The van der Waals surface area contributed by atoms with Crippen LogP contribution in [0, 0.1) is 0 Å². The Kier molecular flexibility index (Phi) is 4.95. The van der Waals surface area contributed by atoms with Crippen molar-refractivity contribution in [2.75, 3.05) is 19.0 Å². The van der Waals surface area contributed by atoms with Crippen LogP contribution in [0.15, 0.2) is 54.6 Å². The fourth-order valence-electron chi connectivity index (χ4n) is 2.02. The second-order valence-corrected chi connectivity index (χ2v) is 5.10. The Hall–Kier alpha value is -2.33. The molecule has 0 aliphatic rings. The maximum absolute atomic E-state index is 12.0. The zero-order chi connectivity index (χ0) is 15.2. The molecule has 0 fully saturated rings. The van der Waals surface area contributed by atoms with Gasteiger partial charge in [0.2, 0.25) is 0 Å². The molecule has 0 heterocycles. The molecular formula is C17H20N2O2. The number of carbonyl (C=O) groups excluding carboxylic acids is 1. The standard InChI is InChI=1S/C17H20N2O2/c1-19(2)15-10-6-7-13(11-15)12-18-17(21)16(20)14-8-4-3-5-9-14/h3-11,16,20H,12H2,1-2H3,(H,18,21). The number of aliphatic hydroxyl groups is 1. The molecule has 2 aromatic carbocycles. The number of aliphatic hydroxyl groups excluding tert-OH is 1. The molecule has 4 heteroatoms. The zero-order valence-electron chi connectivity index (χ0n) is 12.3. The molecule has 1 amide bonds. The summed E-state index contributed by atoms with van der Waals surface area (Å²) in [5.41, 5.74) is 2.66. The van der Waals surface area contributed by atoms with Crippen molar-refractivity contribution < 1.29 is 9.90 Å². The van der Waals surface area contributed by atoms with E-state index in [1.165, 1.54) is 0 Å². The molecule has 110 valence electrons. The van der Waals surface area contributed by atoms with Gasteiger partial charge in [-0.3, -0.25) is 4.79 Å². The van der Waals surface area contributed by atoms with Crippen LogP contribution in [0.3, 0.4) is 0 Å². The molecule has 0 saturated carbocycles. The van der Waals surface area contributed by atoms with Gasteiger partial charge >= 0.3 is 0 Å². The van der Waals surface area contributed by atoms with Crippen molar-refractivity contribution in [1.29, 1.82) is 0 Å². The van der Waals surface area contributed by atoms with E-state index >= 15 is 0 Å². The molecule has 1 atom stereocenters. The second kappa shape index (κ2) is 6.90. The average molecular weight is 284 g/mol. The topological polar surface area (TPSA) is 52.6 Å². The smallest absolute Gasteiger partial charge is 0.253 e. The van der Waals surface area contributed by atoms with E-state index in [0.29, 0.717) is 12.1 Å². The van der Waals surface area contributed by atoms with E-state index in [2.05, 4.69) is 5.32 Å². The molecule has 0 saturated heterocycles. The molecule has 1 unspecified atom stereocenters. The van der Waals surface area contributed by atoms with E-state index in [-0.39, 0.29) is 0 Å². The predicted molar refractivity (Wildman–Crippen MR) is 84.0 cm³/mol. The van der Waals surface area contributed by atoms with Crippen LogP contribution in [0.2, 0.25) is 0 Å². The quantitative estimate of drug-likeness (QED) is 0.884. The number of benzene rings is 2. The molecule has 0 spiro atoms. The summed E-state index contributed by atoms with van der Waals surface area (Å²) in [6.45, 7) is 0.393. The Balaban J connectivity index is 1.96. The van der Waals surface area contributed by atoms with E-state index < -0.39 is 12.0 Å². The number of hydrogen-bond donors (Lipinski definition) is 2. The van der Waals surface area contributed by atoms with Gasteiger partial charge in [-0.1, -0.05) is 42.5 Å². The van der Waals surface area contributed by atoms with Gasteiger partial charge < -0.3 is 15.3 Å². The van der Waals surface area contributed by atoms with Crippen molar-refractivity contribution in [1.82, 2.24) is 5.32 Å². The third kappa shape index (κ3) is 4.07. The van der Waals surface area contributed by atoms with Crippen molar-refractivity contribution >= 4 is 11.6 Å². The van der Waals surface area contributed by atoms with Crippen molar-refractivity contribution in [2.24, 2.45) is 0 Å². The molecule has 21 heavy (non-hydrogen) atoms. The molecule has 0 aliphatic carbocycles. The fraction of sp³-hybridized carbons (Fsp3) is 0.235. The number of rotatable bonds is 5. The Morgan fingerprint density at radius 3 is 2.52 bits per heavy atom. The normalized spacial score (nSPS) is 11.8. The van der Waals surface area contributed by atoms with E-state index in [1.54, 1.807) is 24.3 Å². The third-order valence-electron chi connectivity index (χ3n) is 3.26. The number of nitrogens with one attached hydrogen (secondary N) is 1. The van der Waals surface area contributed by atoms with Gasteiger partial charge in [0.1, 0.15) is 0 Å². The highest BCUT2D eigenvalue weighted by molar-refractivity contribution is 5.81. The summed E-state index contributed by atoms with van der Waals surface area (Å²) in [5, 5.41) is 12.7. The van der Waals surface area contributed by atoms with Gasteiger partial charge in [0.25, 0.3) is 5.91 Å². The maximum atomic E-state index is 12.0. The number of amides is 1. The van der Waals surface area contributed by atoms with Gasteiger partial charge in [0.15, 0.2) is 6.10 Å². The first kappa shape index (κ1) is 15.1. The zero-order valence-corrected chi connectivity index (χ0v) is 12.3. The number of nitrogens with zero attached hydrogens (tertiary/aromatic N) is 1. The predicted octanol–water partition coefficient (Wildman–Crippen LogP) is 2.10. The highest BCUT2D eigenvalue weighted by atomic mass is 16.3. The maximum Gasteiger partial charge on any atom is 0.253 e. The lowest BCUT2D eigenvalue weighted by Crippen LogP contribution is -2.28. The first-order chi connectivity index (χ1) is 10.1. The summed E-state index contributed by atoms with van der Waals surface area (Å²) in [4.78, 5) is 14.0. The molecular weight excluding hydrogens is 264 g/mol. The highest BCUT2D eigenvalue weighted by Gasteiger charge is 2.16. The summed E-state index contributed by atoms with van der Waals surface area (Å²) in [6.07, 6.45) is -1.14. The Morgan fingerprint density at radius 1 is 1.14 bits per heavy atom. The van der Waals surface area contributed by atoms with Crippen molar-refractivity contribution in [3.05, 3.63) is 65.7 Å². The first-order valence-corrected chi connectivity index (χ1v) is 6.85. The molecule has 0 aromatic heterocycles. The van der Waals surface area contributed by atoms with Gasteiger partial charge in [0.05, 0.1) is 0 Å².